The van der Waals surface area contributed by atoms with Gasteiger partial charge in [0.25, 0.3) is 0 Å². The Morgan fingerprint density at radius 1 is 1.28 bits per heavy atom. The number of benzene rings is 1. The second-order valence-corrected chi connectivity index (χ2v) is 7.22. The van der Waals surface area contributed by atoms with E-state index in [-0.39, 0.29) is 18.4 Å². The molecule has 0 spiro atoms. The van der Waals surface area contributed by atoms with E-state index in [0.717, 1.165) is 32.5 Å². The zero-order chi connectivity index (χ0) is 17.8. The number of carbonyl (C=O) groups is 2. The molecule has 6 heteroatoms. The van der Waals surface area contributed by atoms with Gasteiger partial charge in [-0.05, 0) is 31.2 Å². The van der Waals surface area contributed by atoms with Gasteiger partial charge in [0.15, 0.2) is 0 Å². The van der Waals surface area contributed by atoms with E-state index in [2.05, 4.69) is 47.4 Å². The second-order valence-electron chi connectivity index (χ2n) is 7.22. The average molecular weight is 344 g/mol. The normalized spacial score (nSPS) is 26.5. The van der Waals surface area contributed by atoms with Gasteiger partial charge in [0.2, 0.25) is 11.8 Å². The summed E-state index contributed by atoms with van der Waals surface area (Å²) in [5.41, 5.74) is 9.36. The number of carbonyl (C=O) groups excluding carboxylic acids is 2. The monoisotopic (exact) mass is 344 g/mol. The molecule has 136 valence electrons. The van der Waals surface area contributed by atoms with Crippen molar-refractivity contribution in [3.63, 3.8) is 0 Å². The third-order valence-corrected chi connectivity index (χ3v) is 5.34. The molecule has 3 atom stereocenters. The number of nitrogens with one attached hydrogen (secondary N) is 3. The Hall–Kier alpha value is -1.92. The zero-order valence-corrected chi connectivity index (χ0v) is 15.0. The van der Waals surface area contributed by atoms with Crippen LogP contribution in [0.25, 0.3) is 0 Å². The van der Waals surface area contributed by atoms with Crippen LogP contribution in [-0.2, 0) is 9.59 Å². The summed E-state index contributed by atoms with van der Waals surface area (Å²) in [4.78, 5) is 25.3. The molecule has 0 aromatic heterocycles. The van der Waals surface area contributed by atoms with Crippen molar-refractivity contribution >= 4 is 11.8 Å². The van der Waals surface area contributed by atoms with Crippen molar-refractivity contribution in [1.82, 2.24) is 21.1 Å². The summed E-state index contributed by atoms with van der Waals surface area (Å²) < 4.78 is 0. The van der Waals surface area contributed by atoms with Crippen molar-refractivity contribution in [3.05, 3.63) is 35.4 Å². The van der Waals surface area contributed by atoms with Crippen LogP contribution < -0.4 is 16.2 Å². The number of amides is 2. The van der Waals surface area contributed by atoms with E-state index < -0.39 is 0 Å². The maximum absolute atomic E-state index is 12.3. The zero-order valence-electron chi connectivity index (χ0n) is 15.0. The number of rotatable bonds is 4. The lowest BCUT2D eigenvalue weighted by molar-refractivity contribution is -0.134. The van der Waals surface area contributed by atoms with Crippen LogP contribution in [0.2, 0.25) is 0 Å². The first-order chi connectivity index (χ1) is 12.0. The van der Waals surface area contributed by atoms with Gasteiger partial charge in [-0.2, -0.15) is 0 Å². The number of piperidine rings is 1. The molecule has 1 aromatic carbocycles. The fourth-order valence-electron chi connectivity index (χ4n) is 3.94. The van der Waals surface area contributed by atoms with E-state index >= 15 is 0 Å². The minimum absolute atomic E-state index is 0.0118. The van der Waals surface area contributed by atoms with E-state index in [4.69, 9.17) is 0 Å². The molecule has 2 saturated heterocycles. The molecule has 1 aromatic rings. The molecule has 3 rings (SSSR count). The summed E-state index contributed by atoms with van der Waals surface area (Å²) in [5, 5.41) is 2.61. The standard InChI is InChI=1S/C19H28N4O2/c1-13-5-7-15(8-6-13)17-10-21-22-19(17)16-4-3-9-23(12-16)18(25)11-20-14(2)24/h5-8,16-17,19,21-22H,3-4,9-12H2,1-2H3,(H,20,24). The molecular formula is C19H28N4O2. The van der Waals surface area contributed by atoms with Crippen LogP contribution in [0, 0.1) is 12.8 Å². The van der Waals surface area contributed by atoms with Gasteiger partial charge in [-0.3, -0.25) is 20.4 Å². The second kappa shape index (κ2) is 7.97. The van der Waals surface area contributed by atoms with Gasteiger partial charge in [-0.1, -0.05) is 29.8 Å². The van der Waals surface area contributed by atoms with Gasteiger partial charge in [-0.15, -0.1) is 0 Å². The number of hydrogen-bond acceptors (Lipinski definition) is 4. The van der Waals surface area contributed by atoms with Crippen molar-refractivity contribution in [3.8, 4) is 0 Å². The Balaban J connectivity index is 1.64. The smallest absolute Gasteiger partial charge is 0.241 e. The molecule has 2 aliphatic rings. The Morgan fingerprint density at radius 3 is 2.76 bits per heavy atom. The van der Waals surface area contributed by atoms with Gasteiger partial charge >= 0.3 is 0 Å². The number of hydrogen-bond donors (Lipinski definition) is 3. The number of hydrazine groups is 1. The molecule has 0 radical (unpaired) electrons. The quantitative estimate of drug-likeness (QED) is 0.760. The lowest BCUT2D eigenvalue weighted by atomic mass is 9.81. The van der Waals surface area contributed by atoms with Crippen molar-refractivity contribution in [2.45, 2.75) is 38.6 Å². The van der Waals surface area contributed by atoms with Crippen LogP contribution in [0.1, 0.15) is 36.8 Å². The van der Waals surface area contributed by atoms with Crippen molar-refractivity contribution in [2.75, 3.05) is 26.2 Å². The summed E-state index contributed by atoms with van der Waals surface area (Å²) >= 11 is 0. The SMILES string of the molecule is CC(=O)NCC(=O)N1CCCC(C2NNCC2c2ccc(C)cc2)C1. The minimum Gasteiger partial charge on any atom is -0.347 e. The van der Waals surface area contributed by atoms with Crippen LogP contribution >= 0.6 is 0 Å². The third kappa shape index (κ3) is 4.38. The van der Waals surface area contributed by atoms with E-state index in [0.29, 0.717) is 17.9 Å². The maximum Gasteiger partial charge on any atom is 0.241 e. The Bertz CT molecular complexity index is 616. The van der Waals surface area contributed by atoms with Crippen LogP contribution in [0.3, 0.4) is 0 Å². The molecule has 0 saturated carbocycles. The predicted octanol–water partition coefficient (Wildman–Crippen LogP) is 0.930. The summed E-state index contributed by atoms with van der Waals surface area (Å²) in [6.07, 6.45) is 2.13. The lowest BCUT2D eigenvalue weighted by Crippen LogP contribution is -2.50. The molecule has 25 heavy (non-hydrogen) atoms. The van der Waals surface area contributed by atoms with Gasteiger partial charge in [0, 0.05) is 38.5 Å². The molecule has 3 unspecified atom stereocenters. The van der Waals surface area contributed by atoms with Gasteiger partial charge in [0.1, 0.15) is 0 Å². The Morgan fingerprint density at radius 2 is 2.04 bits per heavy atom. The van der Waals surface area contributed by atoms with Crippen LogP contribution in [0.15, 0.2) is 24.3 Å². The van der Waals surface area contributed by atoms with Gasteiger partial charge < -0.3 is 10.2 Å². The molecule has 2 fully saturated rings. The first-order valence-electron chi connectivity index (χ1n) is 9.12. The highest BCUT2D eigenvalue weighted by Crippen LogP contribution is 2.31. The molecule has 0 aliphatic carbocycles. The number of nitrogens with zero attached hydrogens (tertiary/aromatic N) is 1. The maximum atomic E-state index is 12.3. The average Bonchev–Trinajstić information content (AvgIpc) is 3.10. The Labute approximate surface area is 149 Å². The highest BCUT2D eigenvalue weighted by molar-refractivity contribution is 5.83. The highest BCUT2D eigenvalue weighted by Gasteiger charge is 2.37. The molecule has 2 heterocycles. The first-order valence-corrected chi connectivity index (χ1v) is 9.12. The van der Waals surface area contributed by atoms with Crippen molar-refractivity contribution in [1.29, 1.82) is 0 Å². The van der Waals surface area contributed by atoms with Crippen molar-refractivity contribution < 1.29 is 9.59 Å². The third-order valence-electron chi connectivity index (χ3n) is 5.34. The van der Waals surface area contributed by atoms with Gasteiger partial charge in [-0.25, -0.2) is 0 Å². The fraction of sp³-hybridized carbons (Fsp3) is 0.579. The lowest BCUT2D eigenvalue weighted by Gasteiger charge is -2.37. The summed E-state index contributed by atoms with van der Waals surface area (Å²) in [5.74, 6) is 0.674. The minimum atomic E-state index is -0.164. The molecule has 3 N–H and O–H groups in total. The van der Waals surface area contributed by atoms with Crippen LogP contribution in [0.4, 0.5) is 0 Å². The molecule has 6 nitrogen and oxygen atoms in total. The largest absolute Gasteiger partial charge is 0.347 e. The molecular weight excluding hydrogens is 316 g/mol. The molecule has 0 bridgehead atoms. The van der Waals surface area contributed by atoms with Gasteiger partial charge in [0.05, 0.1) is 6.54 Å². The van der Waals surface area contributed by atoms with E-state index in [1.54, 1.807) is 0 Å². The van der Waals surface area contributed by atoms with Crippen molar-refractivity contribution in [2.24, 2.45) is 5.92 Å². The molecule has 2 amide bonds. The summed E-state index contributed by atoms with van der Waals surface area (Å²) in [7, 11) is 0. The Kier molecular flexibility index (Phi) is 5.71. The number of likely N-dealkylation sites (tertiary alicyclic amines) is 1. The first kappa shape index (κ1) is 17.9. The summed E-state index contributed by atoms with van der Waals surface area (Å²) in [6, 6.07) is 9.07. The summed E-state index contributed by atoms with van der Waals surface area (Å²) in [6.45, 7) is 6.08. The fourth-order valence-corrected chi connectivity index (χ4v) is 3.94. The van der Waals surface area contributed by atoms with E-state index in [9.17, 15) is 9.59 Å². The molecule has 2 aliphatic heterocycles. The number of aryl methyl sites for hydroxylation is 1. The van der Waals surface area contributed by atoms with Crippen LogP contribution in [-0.4, -0.2) is 48.9 Å². The predicted molar refractivity (Wildman–Crippen MR) is 96.8 cm³/mol. The van der Waals surface area contributed by atoms with E-state index in [1.165, 1.54) is 18.1 Å². The van der Waals surface area contributed by atoms with Crippen LogP contribution in [0.5, 0.6) is 0 Å². The highest BCUT2D eigenvalue weighted by atomic mass is 16.2. The topological polar surface area (TPSA) is 73.5 Å². The van der Waals surface area contributed by atoms with E-state index in [1.807, 2.05) is 4.90 Å².